The van der Waals surface area contributed by atoms with Gasteiger partial charge < -0.3 is 20.2 Å². The van der Waals surface area contributed by atoms with E-state index in [0.717, 1.165) is 66.9 Å². The second-order valence-electron chi connectivity index (χ2n) is 9.98. The fraction of sp³-hybridized carbons (Fsp3) is 0.267. The minimum absolute atomic E-state index is 0. The van der Waals surface area contributed by atoms with Crippen LogP contribution in [0.3, 0.4) is 0 Å². The average Bonchev–Trinajstić information content (AvgIpc) is 3.53. The topological polar surface area (TPSA) is 132 Å². The summed E-state index contributed by atoms with van der Waals surface area (Å²) < 4.78 is 0. The summed E-state index contributed by atoms with van der Waals surface area (Å²) in [6.07, 6.45) is 0.647. The summed E-state index contributed by atoms with van der Waals surface area (Å²) in [5.41, 5.74) is 12.4. The Morgan fingerprint density at radius 3 is 1.56 bits per heavy atom. The van der Waals surface area contributed by atoms with Crippen molar-refractivity contribution in [3.8, 4) is 0 Å². The van der Waals surface area contributed by atoms with Crippen LogP contribution in [0.1, 0.15) is 73.4 Å². The molecule has 4 N–H and O–H groups in total. The van der Waals surface area contributed by atoms with Crippen LogP contribution < -0.4 is 0 Å². The number of carboxylic acid groups (broad SMARTS) is 2. The summed E-state index contributed by atoms with van der Waals surface area (Å²) in [7, 11) is 0. The van der Waals surface area contributed by atoms with Crippen molar-refractivity contribution < 1.29 is 36.6 Å². The molecule has 0 saturated heterocycles. The van der Waals surface area contributed by atoms with Crippen LogP contribution in [0.2, 0.25) is 0 Å². The van der Waals surface area contributed by atoms with Crippen molar-refractivity contribution >= 4 is 56.3 Å². The quantitative estimate of drug-likeness (QED) is 0.267. The Labute approximate surface area is 236 Å². The third-order valence-corrected chi connectivity index (χ3v) is 7.25. The molecule has 0 unspecified atom stereocenters. The number of hydrogen-bond acceptors (Lipinski definition) is 4. The van der Waals surface area contributed by atoms with Gasteiger partial charge in [0.15, 0.2) is 0 Å². The predicted octanol–water partition coefficient (Wildman–Crippen LogP) is 6.52. The van der Waals surface area contributed by atoms with Gasteiger partial charge in [0.1, 0.15) is 0 Å². The molecule has 8 bridgehead atoms. The van der Waals surface area contributed by atoms with E-state index in [1.165, 1.54) is 0 Å². The van der Waals surface area contributed by atoms with E-state index in [1.54, 1.807) is 0 Å². The summed E-state index contributed by atoms with van der Waals surface area (Å²) in [6, 6.07) is 12.1. The minimum atomic E-state index is -0.873. The first-order valence-electron chi connectivity index (χ1n) is 12.6. The Kier molecular flexibility index (Phi) is 7.94. The number of aryl methyl sites for hydroxylation is 2. The molecular formula is C30H30CoN4O4+2. The molecule has 0 amide bonds. The number of nitrogens with zero attached hydrogens (tertiary/aromatic N) is 2. The van der Waals surface area contributed by atoms with Gasteiger partial charge in [0, 0.05) is 34.9 Å². The average molecular weight is 570 g/mol. The van der Waals surface area contributed by atoms with Crippen molar-refractivity contribution in [3.63, 3.8) is 0 Å². The molecule has 8 nitrogen and oxygen atoms in total. The fourth-order valence-corrected chi connectivity index (χ4v) is 5.10. The van der Waals surface area contributed by atoms with Crippen molar-refractivity contribution in [2.45, 2.75) is 53.4 Å². The zero-order valence-electron chi connectivity index (χ0n) is 22.2. The standard InChI is InChI=1S/C30H30N4O4.Co/c1-15-9-20-12-25-17(3)21(5-7-29(35)36)27(33-25)14-28-22(6-8-30(37)38)18(4)26(34-28)13-24-16(2)10-19(32-24)11-23(15)31-20;/h9-14,31-32H,5-8H2,1-4H3,(H,35,36)(H,37,38);/q;+2. The summed E-state index contributed by atoms with van der Waals surface area (Å²) in [6.45, 7) is 8.01. The maximum absolute atomic E-state index is 11.4. The molecule has 0 aliphatic carbocycles. The van der Waals surface area contributed by atoms with E-state index in [2.05, 4.69) is 35.1 Å². The summed E-state index contributed by atoms with van der Waals surface area (Å²) in [4.78, 5) is 39.6. The van der Waals surface area contributed by atoms with Crippen molar-refractivity contribution in [1.29, 1.82) is 0 Å². The van der Waals surface area contributed by atoms with Gasteiger partial charge in [0.2, 0.25) is 0 Å². The number of aromatic nitrogens is 4. The first kappa shape index (κ1) is 28.1. The molecular weight excluding hydrogens is 539 g/mol. The molecule has 0 atom stereocenters. The molecule has 5 rings (SSSR count). The largest absolute Gasteiger partial charge is 2.00 e. The van der Waals surface area contributed by atoms with Gasteiger partial charge in [-0.25, -0.2) is 9.97 Å². The molecule has 201 valence electrons. The molecule has 3 aromatic rings. The second-order valence-corrected chi connectivity index (χ2v) is 9.98. The SMILES string of the molecule is CC1=C(CCC(=O)O)c2cc3nc(cc4[nH]c(cc4C)cc4[nH]c(cc1n2)cc4C)C(C)=C3CCC(=O)O.[Co+2]. The molecule has 39 heavy (non-hydrogen) atoms. The van der Waals surface area contributed by atoms with E-state index in [9.17, 15) is 19.8 Å². The number of hydrogen-bond donors (Lipinski definition) is 4. The fourth-order valence-electron chi connectivity index (χ4n) is 5.10. The minimum Gasteiger partial charge on any atom is -0.481 e. The second kappa shape index (κ2) is 11.0. The van der Waals surface area contributed by atoms with E-state index >= 15 is 0 Å². The van der Waals surface area contributed by atoms with Crippen molar-refractivity contribution in [2.24, 2.45) is 0 Å². The molecule has 0 spiro atoms. The normalized spacial score (nSPS) is 13.0. The third kappa shape index (κ3) is 5.74. The molecule has 0 aromatic carbocycles. The molecule has 0 fully saturated rings. The van der Waals surface area contributed by atoms with Crippen molar-refractivity contribution in [2.75, 3.05) is 0 Å². The Hall–Kier alpha value is -3.95. The van der Waals surface area contributed by atoms with Crippen LogP contribution in [0.5, 0.6) is 0 Å². The van der Waals surface area contributed by atoms with Gasteiger partial charge in [-0.15, -0.1) is 0 Å². The number of aliphatic carboxylic acids is 2. The van der Waals surface area contributed by atoms with Crippen LogP contribution in [0.15, 0.2) is 36.4 Å². The molecule has 0 saturated carbocycles. The van der Waals surface area contributed by atoms with Gasteiger partial charge in [0.25, 0.3) is 0 Å². The third-order valence-electron chi connectivity index (χ3n) is 7.25. The number of allylic oxidation sites excluding steroid dienone is 4. The Morgan fingerprint density at radius 2 is 1.08 bits per heavy atom. The first-order chi connectivity index (χ1) is 18.1. The summed E-state index contributed by atoms with van der Waals surface area (Å²) >= 11 is 0. The predicted molar refractivity (Wildman–Crippen MR) is 149 cm³/mol. The number of rotatable bonds is 6. The van der Waals surface area contributed by atoms with E-state index in [4.69, 9.17) is 9.97 Å². The van der Waals surface area contributed by atoms with E-state index in [0.29, 0.717) is 24.2 Å². The van der Waals surface area contributed by atoms with Crippen LogP contribution in [-0.4, -0.2) is 42.1 Å². The van der Waals surface area contributed by atoms with Gasteiger partial charge >= 0.3 is 28.7 Å². The zero-order chi connectivity index (χ0) is 27.1. The van der Waals surface area contributed by atoms with Crippen LogP contribution in [0.25, 0.3) is 44.4 Å². The van der Waals surface area contributed by atoms with Gasteiger partial charge in [0.05, 0.1) is 22.8 Å². The van der Waals surface area contributed by atoms with Gasteiger partial charge in [-0.05, 0) is 110 Å². The van der Waals surface area contributed by atoms with Crippen LogP contribution >= 0.6 is 0 Å². The maximum atomic E-state index is 11.4. The van der Waals surface area contributed by atoms with E-state index in [1.807, 2.05) is 39.0 Å². The molecule has 1 radical (unpaired) electrons. The molecule has 3 aromatic heterocycles. The monoisotopic (exact) mass is 569 g/mol. The Bertz CT molecular complexity index is 1730. The molecule has 5 heterocycles. The number of carboxylic acids is 2. The van der Waals surface area contributed by atoms with Crippen molar-refractivity contribution in [1.82, 2.24) is 19.9 Å². The Morgan fingerprint density at radius 1 is 0.641 bits per heavy atom. The van der Waals surface area contributed by atoms with Crippen LogP contribution in [0.4, 0.5) is 0 Å². The number of nitrogens with one attached hydrogen (secondary N) is 2. The number of fused-ring (bicyclic) bond motifs is 8. The van der Waals surface area contributed by atoms with Gasteiger partial charge in [-0.3, -0.25) is 9.59 Å². The zero-order valence-corrected chi connectivity index (χ0v) is 23.3. The first-order valence-corrected chi connectivity index (χ1v) is 12.6. The van der Waals surface area contributed by atoms with E-state index < -0.39 is 11.9 Å². The number of aromatic amines is 2. The van der Waals surface area contributed by atoms with Gasteiger partial charge in [-0.2, -0.15) is 0 Å². The number of carbonyl (C=O) groups is 2. The maximum Gasteiger partial charge on any atom is 2.00 e. The van der Waals surface area contributed by atoms with Gasteiger partial charge in [-0.1, -0.05) is 0 Å². The Balaban J connectivity index is 0.00000353. The van der Waals surface area contributed by atoms with Crippen LogP contribution in [0, 0.1) is 13.8 Å². The van der Waals surface area contributed by atoms with Crippen LogP contribution in [-0.2, 0) is 26.4 Å². The smallest absolute Gasteiger partial charge is 0.481 e. The van der Waals surface area contributed by atoms with E-state index in [-0.39, 0.29) is 29.6 Å². The van der Waals surface area contributed by atoms with Crippen molar-refractivity contribution in [3.05, 3.63) is 70.3 Å². The molecule has 2 aliphatic rings. The summed E-state index contributed by atoms with van der Waals surface area (Å²) in [5.74, 6) is -1.75. The molecule has 2 aliphatic heterocycles. The number of H-pyrrole nitrogens is 2. The molecule has 9 heteroatoms. The summed E-state index contributed by atoms with van der Waals surface area (Å²) in [5, 5.41) is 18.7.